The second-order valence-corrected chi connectivity index (χ2v) is 6.90. The molecule has 0 bridgehead atoms. The first-order valence-corrected chi connectivity index (χ1v) is 7.83. The van der Waals surface area contributed by atoms with Gasteiger partial charge in [-0.05, 0) is 50.9 Å². The van der Waals surface area contributed by atoms with Crippen LogP contribution in [0.4, 0.5) is 0 Å². The van der Waals surface area contributed by atoms with Crippen LogP contribution in [0.5, 0.6) is 5.75 Å². The Bertz CT molecular complexity index is 556. The molecule has 0 aliphatic carbocycles. The molecule has 0 spiro atoms. The van der Waals surface area contributed by atoms with Crippen molar-refractivity contribution in [2.24, 2.45) is 0 Å². The predicted molar refractivity (Wildman–Crippen MR) is 91.0 cm³/mol. The number of phenolic OH excluding ortho intramolecular Hbond substituents is 1. The smallest absolute Gasteiger partial charge is 0.491 e. The molecule has 1 aliphatic rings. The molecule has 114 valence electrons. The van der Waals surface area contributed by atoms with Crippen LogP contribution in [0.3, 0.4) is 0 Å². The van der Waals surface area contributed by atoms with E-state index >= 15 is 0 Å². The number of rotatable bonds is 3. The fourth-order valence-corrected chi connectivity index (χ4v) is 2.37. The van der Waals surface area contributed by atoms with Crippen LogP contribution in [0.2, 0.25) is 5.02 Å². The summed E-state index contributed by atoms with van der Waals surface area (Å²) in [7, 11) is -0.440. The maximum Gasteiger partial charge on any atom is 0.491 e. The summed E-state index contributed by atoms with van der Waals surface area (Å²) in [6.45, 7) is 8.04. The van der Waals surface area contributed by atoms with Crippen molar-refractivity contribution in [2.45, 2.75) is 38.9 Å². The van der Waals surface area contributed by atoms with E-state index in [1.165, 1.54) is 0 Å². The van der Waals surface area contributed by atoms with E-state index in [4.69, 9.17) is 20.9 Å². The van der Waals surface area contributed by atoms with Crippen molar-refractivity contribution in [1.29, 1.82) is 0 Å². The number of hydrogen-bond donors (Lipinski definition) is 2. The Morgan fingerprint density at radius 3 is 2.33 bits per heavy atom. The molecule has 0 radical (unpaired) electrons. The number of hydrogen-bond acceptors (Lipinski definition) is 4. The van der Waals surface area contributed by atoms with Gasteiger partial charge in [-0.3, -0.25) is 0 Å². The van der Waals surface area contributed by atoms with Crippen LogP contribution in [0.25, 0.3) is 6.08 Å². The number of aromatic hydroxyl groups is 1. The fraction of sp³-hybridized carbons (Fsp3) is 0.467. The van der Waals surface area contributed by atoms with Crippen LogP contribution < -0.4 is 0 Å². The van der Waals surface area contributed by atoms with Gasteiger partial charge in [-0.25, -0.2) is 0 Å². The molecular weight excluding hydrogens is 306 g/mol. The van der Waals surface area contributed by atoms with Crippen LogP contribution in [0.1, 0.15) is 33.3 Å². The molecule has 0 saturated carbocycles. The Hall–Kier alpha value is -0.615. The Morgan fingerprint density at radius 1 is 1.29 bits per heavy atom. The molecule has 0 amide bonds. The van der Waals surface area contributed by atoms with E-state index in [2.05, 4.69) is 12.6 Å². The molecule has 0 atom stereocenters. The van der Waals surface area contributed by atoms with Gasteiger partial charge in [0, 0.05) is 5.75 Å². The average Bonchev–Trinajstić information content (AvgIpc) is 2.59. The summed E-state index contributed by atoms with van der Waals surface area (Å²) >= 11 is 10.2. The largest absolute Gasteiger partial charge is 0.506 e. The molecule has 0 aromatic heterocycles. The van der Waals surface area contributed by atoms with Gasteiger partial charge >= 0.3 is 7.12 Å². The van der Waals surface area contributed by atoms with Gasteiger partial charge in [0.05, 0.1) is 16.2 Å². The highest BCUT2D eigenvalue weighted by Gasteiger charge is 2.52. The number of halogens is 1. The monoisotopic (exact) mass is 326 g/mol. The molecule has 1 fully saturated rings. The third-order valence-corrected chi connectivity index (χ3v) is 4.75. The van der Waals surface area contributed by atoms with Gasteiger partial charge in [0.15, 0.2) is 0 Å². The first kappa shape index (κ1) is 16.8. The lowest BCUT2D eigenvalue weighted by Crippen LogP contribution is -2.41. The Kier molecular flexibility index (Phi) is 4.69. The van der Waals surface area contributed by atoms with Crippen molar-refractivity contribution >= 4 is 37.4 Å². The minimum Gasteiger partial charge on any atom is -0.506 e. The topological polar surface area (TPSA) is 38.7 Å². The van der Waals surface area contributed by atoms with Gasteiger partial charge in [-0.2, -0.15) is 12.6 Å². The minimum absolute atomic E-state index is 0.0536. The SMILES string of the molecule is CC1(C)OB(C(=Cc2ccc(Cl)c(O)c2)CS)OC1(C)C. The van der Waals surface area contributed by atoms with Crippen LogP contribution in [-0.2, 0) is 9.31 Å². The summed E-state index contributed by atoms with van der Waals surface area (Å²) < 4.78 is 12.0. The Labute approximate surface area is 136 Å². The van der Waals surface area contributed by atoms with E-state index in [9.17, 15) is 5.11 Å². The average molecular weight is 327 g/mol. The van der Waals surface area contributed by atoms with Crippen molar-refractivity contribution in [2.75, 3.05) is 5.75 Å². The molecule has 6 heteroatoms. The first-order valence-electron chi connectivity index (χ1n) is 6.82. The summed E-state index contributed by atoms with van der Waals surface area (Å²) in [5, 5.41) is 10.0. The number of benzene rings is 1. The van der Waals surface area contributed by atoms with E-state index in [1.807, 2.05) is 39.8 Å². The Morgan fingerprint density at radius 2 is 1.86 bits per heavy atom. The maximum atomic E-state index is 9.67. The molecular formula is C15H20BClO3S. The standard InChI is InChI=1S/C15H20BClO3S/c1-14(2)15(3,4)20-16(19-14)11(9-21)7-10-5-6-12(17)13(18)8-10/h5-8,18,21H,9H2,1-4H3. The highest BCUT2D eigenvalue weighted by Crippen LogP contribution is 2.39. The van der Waals surface area contributed by atoms with E-state index in [0.29, 0.717) is 10.8 Å². The Balaban J connectivity index is 2.28. The molecule has 1 saturated heterocycles. The number of phenols is 1. The van der Waals surface area contributed by atoms with E-state index in [0.717, 1.165) is 11.0 Å². The zero-order valence-electron chi connectivity index (χ0n) is 12.7. The molecule has 2 rings (SSSR count). The molecule has 1 heterocycles. The lowest BCUT2D eigenvalue weighted by atomic mass is 9.78. The van der Waals surface area contributed by atoms with Crippen LogP contribution in [0.15, 0.2) is 23.7 Å². The maximum absolute atomic E-state index is 9.67. The molecule has 1 N–H and O–H groups in total. The van der Waals surface area contributed by atoms with E-state index in [-0.39, 0.29) is 17.0 Å². The van der Waals surface area contributed by atoms with E-state index < -0.39 is 7.12 Å². The van der Waals surface area contributed by atoms with Crippen LogP contribution in [-0.4, -0.2) is 29.2 Å². The molecule has 21 heavy (non-hydrogen) atoms. The van der Waals surface area contributed by atoms with Crippen molar-refractivity contribution in [3.05, 3.63) is 34.3 Å². The highest BCUT2D eigenvalue weighted by atomic mass is 35.5. The summed E-state index contributed by atoms with van der Waals surface area (Å²) in [6.07, 6.45) is 1.91. The van der Waals surface area contributed by atoms with Gasteiger partial charge < -0.3 is 14.4 Å². The number of thiol groups is 1. The zero-order valence-corrected chi connectivity index (χ0v) is 14.3. The van der Waals surface area contributed by atoms with Gasteiger partial charge in [0.1, 0.15) is 5.75 Å². The summed E-state index contributed by atoms with van der Waals surface area (Å²) in [5.74, 6) is 0.554. The van der Waals surface area contributed by atoms with Crippen molar-refractivity contribution in [1.82, 2.24) is 0 Å². The molecule has 3 nitrogen and oxygen atoms in total. The van der Waals surface area contributed by atoms with Crippen molar-refractivity contribution in [3.63, 3.8) is 0 Å². The summed E-state index contributed by atoms with van der Waals surface area (Å²) in [6, 6.07) is 5.09. The van der Waals surface area contributed by atoms with E-state index in [1.54, 1.807) is 12.1 Å². The zero-order chi connectivity index (χ0) is 15.8. The first-order chi connectivity index (χ1) is 9.66. The van der Waals surface area contributed by atoms with Gasteiger partial charge in [-0.15, -0.1) is 0 Å². The highest BCUT2D eigenvalue weighted by molar-refractivity contribution is 7.80. The quantitative estimate of drug-likeness (QED) is 0.651. The third kappa shape index (κ3) is 3.42. The van der Waals surface area contributed by atoms with Gasteiger partial charge in [0.2, 0.25) is 0 Å². The second kappa shape index (κ2) is 5.88. The summed E-state index contributed by atoms with van der Waals surface area (Å²) in [4.78, 5) is 0. The predicted octanol–water partition coefficient (Wildman–Crippen LogP) is 3.99. The lowest BCUT2D eigenvalue weighted by Gasteiger charge is -2.32. The van der Waals surface area contributed by atoms with Crippen molar-refractivity contribution < 1.29 is 14.4 Å². The third-order valence-electron chi connectivity index (χ3n) is 4.06. The lowest BCUT2D eigenvalue weighted by molar-refractivity contribution is 0.00578. The normalized spacial score (nSPS) is 20.9. The fourth-order valence-electron chi connectivity index (χ4n) is 2.02. The van der Waals surface area contributed by atoms with Crippen molar-refractivity contribution in [3.8, 4) is 5.75 Å². The van der Waals surface area contributed by atoms with Gasteiger partial charge in [-0.1, -0.05) is 23.7 Å². The molecule has 1 aromatic rings. The second-order valence-electron chi connectivity index (χ2n) is 6.18. The molecule has 0 unspecified atom stereocenters. The molecule has 1 aliphatic heterocycles. The minimum atomic E-state index is -0.440. The summed E-state index contributed by atoms with van der Waals surface area (Å²) in [5.41, 5.74) is 0.957. The van der Waals surface area contributed by atoms with Crippen LogP contribution >= 0.6 is 24.2 Å². The van der Waals surface area contributed by atoms with Crippen LogP contribution in [0, 0.1) is 0 Å². The molecule has 1 aromatic carbocycles. The van der Waals surface area contributed by atoms with Gasteiger partial charge in [0.25, 0.3) is 0 Å².